The molecule has 1 unspecified atom stereocenters. The van der Waals surface area contributed by atoms with Crippen LogP contribution in [0.25, 0.3) is 0 Å². The Morgan fingerprint density at radius 2 is 1.50 bits per heavy atom. The van der Waals surface area contributed by atoms with Crippen molar-refractivity contribution < 1.29 is 9.59 Å². The summed E-state index contributed by atoms with van der Waals surface area (Å²) >= 11 is 0. The summed E-state index contributed by atoms with van der Waals surface area (Å²) in [5, 5.41) is 2.82. The number of nitrogens with one attached hydrogen (secondary N) is 1. The Morgan fingerprint density at radius 1 is 0.962 bits per heavy atom. The van der Waals surface area contributed by atoms with Crippen LogP contribution in [0.4, 0.5) is 0 Å². The molecule has 1 atom stereocenters. The minimum absolute atomic E-state index is 0.0405. The van der Waals surface area contributed by atoms with Gasteiger partial charge in [0.15, 0.2) is 0 Å². The van der Waals surface area contributed by atoms with Gasteiger partial charge in [-0.3, -0.25) is 9.59 Å². The summed E-state index contributed by atoms with van der Waals surface area (Å²) in [7, 11) is 0. The molecule has 0 radical (unpaired) electrons. The number of benzene rings is 2. The van der Waals surface area contributed by atoms with E-state index < -0.39 is 6.04 Å². The Labute approximate surface area is 156 Å². The lowest BCUT2D eigenvalue weighted by Gasteiger charge is -2.29. The van der Waals surface area contributed by atoms with Crippen molar-refractivity contribution in [3.63, 3.8) is 0 Å². The molecular formula is C22H28N2O2. The van der Waals surface area contributed by atoms with Gasteiger partial charge in [-0.15, -0.1) is 0 Å². The van der Waals surface area contributed by atoms with Gasteiger partial charge in [-0.1, -0.05) is 48.5 Å². The molecule has 0 bridgehead atoms. The number of amides is 2. The lowest BCUT2D eigenvalue weighted by Crippen LogP contribution is -2.48. The number of hydrogen-bond donors (Lipinski definition) is 1. The molecule has 1 N–H and O–H groups in total. The number of aryl methyl sites for hydroxylation is 2. The van der Waals surface area contributed by atoms with E-state index in [0.29, 0.717) is 19.5 Å². The van der Waals surface area contributed by atoms with Crippen LogP contribution in [0.5, 0.6) is 0 Å². The molecule has 0 aliphatic carbocycles. The van der Waals surface area contributed by atoms with Crippen molar-refractivity contribution in [2.45, 2.75) is 46.7 Å². The number of carbonyl (C=O) groups excluding carboxylic acids is 2. The third kappa shape index (κ3) is 4.94. The maximum atomic E-state index is 13.1. The Morgan fingerprint density at radius 3 is 2.04 bits per heavy atom. The first-order chi connectivity index (χ1) is 12.4. The normalized spacial score (nSPS) is 11.7. The van der Waals surface area contributed by atoms with Gasteiger partial charge >= 0.3 is 0 Å². The van der Waals surface area contributed by atoms with Crippen molar-refractivity contribution in [2.24, 2.45) is 0 Å². The van der Waals surface area contributed by atoms with Crippen LogP contribution in [-0.4, -0.2) is 29.3 Å². The van der Waals surface area contributed by atoms with Gasteiger partial charge < -0.3 is 10.2 Å². The predicted octanol–water partition coefficient (Wildman–Crippen LogP) is 3.40. The van der Waals surface area contributed by atoms with Crippen molar-refractivity contribution >= 4 is 11.8 Å². The van der Waals surface area contributed by atoms with Crippen molar-refractivity contribution in [3.05, 3.63) is 70.8 Å². The van der Waals surface area contributed by atoms with Gasteiger partial charge in [0.25, 0.3) is 0 Å². The lowest BCUT2D eigenvalue weighted by atomic mass is 10.0. The fourth-order valence-electron chi connectivity index (χ4n) is 2.95. The lowest BCUT2D eigenvalue weighted by molar-refractivity contribution is -0.140. The molecule has 0 heterocycles. The van der Waals surface area contributed by atoms with Gasteiger partial charge in [-0.2, -0.15) is 0 Å². The second kappa shape index (κ2) is 9.18. The Bertz CT molecular complexity index is 770. The summed E-state index contributed by atoms with van der Waals surface area (Å²) in [6.45, 7) is 8.67. The van der Waals surface area contributed by atoms with Crippen molar-refractivity contribution in [1.29, 1.82) is 0 Å². The van der Waals surface area contributed by atoms with Crippen LogP contribution < -0.4 is 5.32 Å². The number of likely N-dealkylation sites (N-methyl/N-ethyl adjacent to an activating group) is 1. The van der Waals surface area contributed by atoms with Gasteiger partial charge in [0, 0.05) is 13.1 Å². The van der Waals surface area contributed by atoms with E-state index in [9.17, 15) is 9.59 Å². The van der Waals surface area contributed by atoms with Gasteiger partial charge in [0.05, 0.1) is 6.42 Å². The van der Waals surface area contributed by atoms with Gasteiger partial charge in [-0.05, 0) is 49.9 Å². The molecule has 0 aromatic heterocycles. The predicted molar refractivity (Wildman–Crippen MR) is 105 cm³/mol. The summed E-state index contributed by atoms with van der Waals surface area (Å²) in [5.41, 5.74) is 4.25. The van der Waals surface area contributed by atoms with E-state index in [2.05, 4.69) is 5.32 Å². The first-order valence-corrected chi connectivity index (χ1v) is 9.10. The molecule has 4 heteroatoms. The largest absolute Gasteiger partial charge is 0.355 e. The maximum absolute atomic E-state index is 13.1. The molecule has 0 aliphatic heterocycles. The highest BCUT2D eigenvalue weighted by Gasteiger charge is 2.26. The van der Waals surface area contributed by atoms with Crippen LogP contribution in [0.1, 0.15) is 36.1 Å². The Balaban J connectivity index is 2.27. The minimum Gasteiger partial charge on any atom is -0.355 e. The van der Waals surface area contributed by atoms with Crippen molar-refractivity contribution in [3.8, 4) is 0 Å². The summed E-state index contributed by atoms with van der Waals surface area (Å²) < 4.78 is 0. The molecule has 0 fully saturated rings. The number of carbonyl (C=O) groups is 2. The monoisotopic (exact) mass is 352 g/mol. The molecule has 0 spiro atoms. The molecule has 0 aliphatic rings. The minimum atomic E-state index is -0.522. The zero-order valence-corrected chi connectivity index (χ0v) is 16.1. The highest BCUT2D eigenvalue weighted by Crippen LogP contribution is 2.16. The van der Waals surface area contributed by atoms with Gasteiger partial charge in [0.2, 0.25) is 11.8 Å². The van der Waals surface area contributed by atoms with E-state index in [0.717, 1.165) is 22.3 Å². The highest BCUT2D eigenvalue weighted by atomic mass is 16.2. The summed E-state index contributed by atoms with van der Waals surface area (Å²) in [6.07, 6.45) is 0.294. The van der Waals surface area contributed by atoms with Crippen LogP contribution in [0.3, 0.4) is 0 Å². The van der Waals surface area contributed by atoms with Crippen molar-refractivity contribution in [1.82, 2.24) is 10.2 Å². The highest BCUT2D eigenvalue weighted by molar-refractivity contribution is 5.88. The SMILES string of the molecule is CCNC(=O)C(C)N(Cc1ccccc1C)C(=O)Cc1ccccc1C. The van der Waals surface area contributed by atoms with E-state index in [1.54, 1.807) is 11.8 Å². The molecule has 26 heavy (non-hydrogen) atoms. The summed E-state index contributed by atoms with van der Waals surface area (Å²) in [6, 6.07) is 15.3. The van der Waals surface area contributed by atoms with Crippen LogP contribution in [0.15, 0.2) is 48.5 Å². The quantitative estimate of drug-likeness (QED) is 0.830. The molecule has 2 aromatic rings. The number of nitrogens with zero attached hydrogens (tertiary/aromatic N) is 1. The van der Waals surface area contributed by atoms with Gasteiger partial charge in [-0.25, -0.2) is 0 Å². The third-order valence-corrected chi connectivity index (χ3v) is 4.72. The average molecular weight is 352 g/mol. The number of hydrogen-bond acceptors (Lipinski definition) is 2. The number of rotatable bonds is 7. The van der Waals surface area contributed by atoms with E-state index >= 15 is 0 Å². The van der Waals surface area contributed by atoms with E-state index in [1.165, 1.54) is 0 Å². The molecule has 0 saturated carbocycles. The second-order valence-electron chi connectivity index (χ2n) is 6.62. The zero-order chi connectivity index (χ0) is 19.1. The van der Waals surface area contributed by atoms with E-state index in [1.807, 2.05) is 69.3 Å². The van der Waals surface area contributed by atoms with Gasteiger partial charge in [0.1, 0.15) is 6.04 Å². The van der Waals surface area contributed by atoms with Crippen LogP contribution in [0, 0.1) is 13.8 Å². The smallest absolute Gasteiger partial charge is 0.242 e. The third-order valence-electron chi connectivity index (χ3n) is 4.72. The maximum Gasteiger partial charge on any atom is 0.242 e. The molecule has 2 rings (SSSR count). The molecule has 2 amide bonds. The standard InChI is InChI=1S/C22H28N2O2/c1-5-23-22(26)18(4)24(15-20-13-9-7-11-17(20)3)21(25)14-19-12-8-6-10-16(19)2/h6-13,18H,5,14-15H2,1-4H3,(H,23,26). The van der Waals surface area contributed by atoms with Crippen LogP contribution >= 0.6 is 0 Å². The second-order valence-corrected chi connectivity index (χ2v) is 6.62. The molecule has 4 nitrogen and oxygen atoms in total. The first kappa shape index (κ1) is 19.7. The van der Waals surface area contributed by atoms with Crippen LogP contribution in [0.2, 0.25) is 0 Å². The fourth-order valence-corrected chi connectivity index (χ4v) is 2.95. The Hall–Kier alpha value is -2.62. The van der Waals surface area contributed by atoms with Crippen molar-refractivity contribution in [2.75, 3.05) is 6.54 Å². The summed E-state index contributed by atoms with van der Waals surface area (Å²) in [4.78, 5) is 27.1. The Kier molecular flexibility index (Phi) is 6.96. The van der Waals surface area contributed by atoms with E-state index in [4.69, 9.17) is 0 Å². The average Bonchev–Trinajstić information content (AvgIpc) is 2.62. The summed E-state index contributed by atoms with van der Waals surface area (Å²) in [5.74, 6) is -0.166. The molecule has 138 valence electrons. The topological polar surface area (TPSA) is 49.4 Å². The zero-order valence-electron chi connectivity index (χ0n) is 16.1. The fraction of sp³-hybridized carbons (Fsp3) is 0.364. The van der Waals surface area contributed by atoms with Crippen LogP contribution in [-0.2, 0) is 22.6 Å². The molecule has 0 saturated heterocycles. The molecule has 2 aromatic carbocycles. The molecular weight excluding hydrogens is 324 g/mol. The van der Waals surface area contributed by atoms with E-state index in [-0.39, 0.29) is 11.8 Å². The first-order valence-electron chi connectivity index (χ1n) is 9.10.